The maximum atomic E-state index is 12.5. The third-order valence-corrected chi connectivity index (χ3v) is 4.56. The lowest BCUT2D eigenvalue weighted by Gasteiger charge is -2.14. The Hall–Kier alpha value is -0.940. The Labute approximate surface area is 109 Å². The number of H-pyrrole nitrogens is 1. The Kier molecular flexibility index (Phi) is 4.02. The third kappa shape index (κ3) is 2.42. The maximum Gasteiger partial charge on any atom is 0.377 e. The lowest BCUT2D eigenvalue weighted by atomic mass is 10.5. The van der Waals surface area contributed by atoms with E-state index in [1.54, 1.807) is 19.9 Å². The molecule has 0 aliphatic carbocycles. The predicted octanol–water partition coefficient (Wildman–Crippen LogP) is 2.50. The molecule has 0 aromatic carbocycles. The van der Waals surface area contributed by atoms with Gasteiger partial charge < -0.3 is 14.0 Å². The number of nitrogens with zero attached hydrogens (tertiary/aromatic N) is 2. The number of aromatic nitrogens is 3. The Balaban J connectivity index is 2.51. The molecule has 0 amide bonds. The lowest BCUT2D eigenvalue weighted by molar-refractivity contribution is 0.229. The Bertz CT molecular complexity index is 591. The minimum Gasteiger partial charge on any atom is -0.345 e. The van der Waals surface area contributed by atoms with Crippen molar-refractivity contribution in [3.8, 4) is 0 Å². The number of halogens is 1. The van der Waals surface area contributed by atoms with Crippen LogP contribution >= 0.6 is 19.2 Å². The maximum absolute atomic E-state index is 12.5. The summed E-state index contributed by atoms with van der Waals surface area (Å²) in [6.45, 7) is 4.07. The van der Waals surface area contributed by atoms with E-state index in [0.717, 1.165) is 0 Å². The fourth-order valence-corrected chi connectivity index (χ4v) is 3.31. The molecule has 6 nitrogen and oxygen atoms in total. The molecule has 0 atom stereocenters. The van der Waals surface area contributed by atoms with Crippen LogP contribution in [0.1, 0.15) is 13.8 Å². The van der Waals surface area contributed by atoms with Gasteiger partial charge in [-0.3, -0.25) is 4.57 Å². The number of nitrogens with one attached hydrogen (secondary N) is 1. The smallest absolute Gasteiger partial charge is 0.345 e. The van der Waals surface area contributed by atoms with Gasteiger partial charge in [-0.05, 0) is 19.9 Å². The number of aromatic amines is 1. The molecule has 8 heteroatoms. The summed E-state index contributed by atoms with van der Waals surface area (Å²) in [5.41, 5.74) is 1.43. The van der Waals surface area contributed by atoms with Gasteiger partial charge in [0.05, 0.1) is 18.7 Å². The molecule has 2 rings (SSSR count). The van der Waals surface area contributed by atoms with Crippen LogP contribution < -0.4 is 5.44 Å². The van der Waals surface area contributed by atoms with Crippen molar-refractivity contribution in [3.63, 3.8) is 0 Å². The van der Waals surface area contributed by atoms with Gasteiger partial charge in [-0.15, -0.1) is 0 Å². The second-order valence-electron chi connectivity index (χ2n) is 3.41. The SMILES string of the molecule is CCOP(=O)(OCC)c1cc2ncnc(Cl)c2[nH]1. The van der Waals surface area contributed by atoms with Crippen LogP contribution in [0.15, 0.2) is 12.4 Å². The Morgan fingerprint density at radius 3 is 2.56 bits per heavy atom. The van der Waals surface area contributed by atoms with E-state index < -0.39 is 7.60 Å². The van der Waals surface area contributed by atoms with Crippen molar-refractivity contribution in [1.29, 1.82) is 0 Å². The first kappa shape index (κ1) is 13.5. The zero-order chi connectivity index (χ0) is 13.2. The molecule has 18 heavy (non-hydrogen) atoms. The first-order chi connectivity index (χ1) is 8.60. The van der Waals surface area contributed by atoms with E-state index in [-0.39, 0.29) is 18.4 Å². The molecule has 0 aliphatic heterocycles. The minimum atomic E-state index is -3.35. The van der Waals surface area contributed by atoms with Crippen molar-refractivity contribution in [2.75, 3.05) is 13.2 Å². The van der Waals surface area contributed by atoms with Crippen LogP contribution in [-0.2, 0) is 13.6 Å². The van der Waals surface area contributed by atoms with E-state index in [1.165, 1.54) is 6.33 Å². The quantitative estimate of drug-likeness (QED) is 0.676. The highest BCUT2D eigenvalue weighted by Crippen LogP contribution is 2.46. The largest absolute Gasteiger partial charge is 0.377 e. The van der Waals surface area contributed by atoms with Gasteiger partial charge in [0, 0.05) is 0 Å². The number of rotatable bonds is 5. The second-order valence-corrected chi connectivity index (χ2v) is 5.76. The summed E-state index contributed by atoms with van der Waals surface area (Å²) >= 11 is 5.92. The summed E-state index contributed by atoms with van der Waals surface area (Å²) in [4.78, 5) is 10.8. The van der Waals surface area contributed by atoms with E-state index in [2.05, 4.69) is 15.0 Å². The van der Waals surface area contributed by atoms with E-state index in [1.807, 2.05) is 0 Å². The number of fused-ring (bicyclic) bond motifs is 1. The number of hydrogen-bond donors (Lipinski definition) is 1. The van der Waals surface area contributed by atoms with Gasteiger partial charge in [0.25, 0.3) is 0 Å². The van der Waals surface area contributed by atoms with Crippen LogP contribution in [0.3, 0.4) is 0 Å². The molecule has 2 aromatic rings. The molecule has 1 N–H and O–H groups in total. The molecule has 0 fully saturated rings. The molecule has 0 bridgehead atoms. The summed E-state index contributed by atoms with van der Waals surface area (Å²) in [7, 11) is -3.35. The van der Waals surface area contributed by atoms with Crippen LogP contribution in [-0.4, -0.2) is 28.2 Å². The molecular formula is C10H13ClN3O3P. The van der Waals surface area contributed by atoms with Gasteiger partial charge in [-0.2, -0.15) is 0 Å². The van der Waals surface area contributed by atoms with Crippen molar-refractivity contribution < 1.29 is 13.6 Å². The van der Waals surface area contributed by atoms with Crippen molar-refractivity contribution in [2.45, 2.75) is 13.8 Å². The molecule has 2 aromatic heterocycles. The Morgan fingerprint density at radius 2 is 2.00 bits per heavy atom. The molecule has 0 spiro atoms. The summed E-state index contributed by atoms with van der Waals surface area (Å²) < 4.78 is 23.0. The van der Waals surface area contributed by atoms with E-state index in [0.29, 0.717) is 16.5 Å². The molecule has 2 heterocycles. The normalized spacial score (nSPS) is 12.2. The van der Waals surface area contributed by atoms with Gasteiger partial charge in [0.15, 0.2) is 5.15 Å². The summed E-state index contributed by atoms with van der Waals surface area (Å²) in [6, 6.07) is 1.61. The zero-order valence-electron chi connectivity index (χ0n) is 10.0. The predicted molar refractivity (Wildman–Crippen MR) is 69.4 cm³/mol. The fraction of sp³-hybridized carbons (Fsp3) is 0.400. The fourth-order valence-electron chi connectivity index (χ4n) is 1.56. The van der Waals surface area contributed by atoms with E-state index in [4.69, 9.17) is 20.6 Å². The van der Waals surface area contributed by atoms with Gasteiger partial charge in [0.2, 0.25) is 0 Å². The molecule has 0 aliphatic rings. The summed E-state index contributed by atoms with van der Waals surface area (Å²) in [5, 5.41) is 0.269. The average molecular weight is 290 g/mol. The Morgan fingerprint density at radius 1 is 1.33 bits per heavy atom. The molecule has 98 valence electrons. The highest BCUT2D eigenvalue weighted by atomic mass is 35.5. The van der Waals surface area contributed by atoms with Crippen molar-refractivity contribution in [2.24, 2.45) is 0 Å². The van der Waals surface area contributed by atoms with Crippen LogP contribution in [0.2, 0.25) is 5.15 Å². The minimum absolute atomic E-state index is 0.269. The average Bonchev–Trinajstić information content (AvgIpc) is 2.75. The monoisotopic (exact) mass is 289 g/mol. The molecular weight excluding hydrogens is 277 g/mol. The van der Waals surface area contributed by atoms with E-state index in [9.17, 15) is 4.57 Å². The van der Waals surface area contributed by atoms with Crippen LogP contribution in [0.25, 0.3) is 11.0 Å². The standard InChI is InChI=1S/C10H13ClN3O3P/c1-3-16-18(15,17-4-2)8-5-7-9(14-8)10(11)13-6-12-7/h5-6,14H,3-4H2,1-2H3. The first-order valence-corrected chi connectivity index (χ1v) is 7.41. The molecule has 0 saturated heterocycles. The second kappa shape index (κ2) is 5.36. The van der Waals surface area contributed by atoms with Crippen LogP contribution in [0.4, 0.5) is 0 Å². The molecule has 0 saturated carbocycles. The highest BCUT2D eigenvalue weighted by Gasteiger charge is 2.29. The van der Waals surface area contributed by atoms with Crippen molar-refractivity contribution in [3.05, 3.63) is 17.5 Å². The van der Waals surface area contributed by atoms with Gasteiger partial charge in [0.1, 0.15) is 17.3 Å². The van der Waals surface area contributed by atoms with E-state index >= 15 is 0 Å². The van der Waals surface area contributed by atoms with Gasteiger partial charge in [-0.25, -0.2) is 9.97 Å². The van der Waals surface area contributed by atoms with Crippen LogP contribution in [0, 0.1) is 0 Å². The lowest BCUT2D eigenvalue weighted by Crippen LogP contribution is -2.11. The molecule has 0 radical (unpaired) electrons. The third-order valence-electron chi connectivity index (χ3n) is 2.25. The topological polar surface area (TPSA) is 77.1 Å². The summed E-state index contributed by atoms with van der Waals surface area (Å²) in [6.07, 6.45) is 1.34. The van der Waals surface area contributed by atoms with Gasteiger partial charge >= 0.3 is 7.60 Å². The van der Waals surface area contributed by atoms with Crippen LogP contribution in [0.5, 0.6) is 0 Å². The van der Waals surface area contributed by atoms with Crippen molar-refractivity contribution in [1.82, 2.24) is 15.0 Å². The summed E-state index contributed by atoms with van der Waals surface area (Å²) in [5.74, 6) is 0. The van der Waals surface area contributed by atoms with Gasteiger partial charge in [-0.1, -0.05) is 11.6 Å². The van der Waals surface area contributed by atoms with Crippen molar-refractivity contribution >= 4 is 35.7 Å². The number of hydrogen-bond acceptors (Lipinski definition) is 5. The zero-order valence-corrected chi connectivity index (χ0v) is 11.7. The first-order valence-electron chi connectivity index (χ1n) is 5.49. The highest BCUT2D eigenvalue weighted by molar-refractivity contribution is 7.62. The molecule has 0 unspecified atom stereocenters.